The molecule has 3 aromatic rings. The third-order valence-corrected chi connectivity index (χ3v) is 7.84. The van der Waals surface area contributed by atoms with Gasteiger partial charge in [0.2, 0.25) is 10.0 Å². The Labute approximate surface area is 211 Å². The summed E-state index contributed by atoms with van der Waals surface area (Å²) < 4.78 is 56.3. The number of nitrogens with one attached hydrogen (secondary N) is 2. The highest BCUT2D eigenvalue weighted by atomic mass is 32.2. The van der Waals surface area contributed by atoms with E-state index in [1.165, 1.54) is 34.3 Å². The number of nitrogens with zero attached hydrogens (tertiary/aromatic N) is 4. The topological polar surface area (TPSA) is 173 Å². The zero-order valence-electron chi connectivity index (χ0n) is 19.8. The Hall–Kier alpha value is -3.30. The van der Waals surface area contributed by atoms with Gasteiger partial charge in [-0.2, -0.15) is 13.5 Å². The molecule has 0 amide bonds. The van der Waals surface area contributed by atoms with Crippen LogP contribution in [0.15, 0.2) is 44.0 Å². The normalized spacial score (nSPS) is 15.1. The molecule has 3 N–H and O–H groups in total. The van der Waals surface area contributed by atoms with Crippen molar-refractivity contribution in [1.29, 1.82) is 0 Å². The van der Waals surface area contributed by atoms with Crippen LogP contribution in [0.4, 0.5) is 11.4 Å². The molecule has 0 atom stereocenters. The lowest BCUT2D eigenvalue weighted by Gasteiger charge is -2.22. The molecular formula is C21H24N6O6S3. The van der Waals surface area contributed by atoms with Crippen molar-refractivity contribution in [1.82, 2.24) is 14.8 Å². The minimum absolute atomic E-state index is 0.0315. The van der Waals surface area contributed by atoms with Gasteiger partial charge >= 0.3 is 0 Å². The third-order valence-electron chi connectivity index (χ3n) is 5.13. The minimum atomic E-state index is -4.36. The predicted molar refractivity (Wildman–Crippen MR) is 138 cm³/mol. The Kier molecular flexibility index (Phi) is 6.43. The molecule has 2 aromatic heterocycles. The van der Waals surface area contributed by atoms with Crippen LogP contribution >= 0.6 is 11.3 Å². The van der Waals surface area contributed by atoms with Gasteiger partial charge in [-0.15, -0.1) is 15.7 Å². The molecule has 1 aromatic carbocycles. The Balaban J connectivity index is 1.87. The van der Waals surface area contributed by atoms with Crippen LogP contribution in [0.2, 0.25) is 0 Å². The lowest BCUT2D eigenvalue weighted by atomic mass is 9.92. The average molecular weight is 553 g/mol. The maximum absolute atomic E-state index is 13.4. The number of benzene rings is 1. The van der Waals surface area contributed by atoms with Crippen LogP contribution in [0.5, 0.6) is 5.75 Å². The van der Waals surface area contributed by atoms with Gasteiger partial charge in [0, 0.05) is 18.4 Å². The largest absolute Gasteiger partial charge is 0.505 e. The molecule has 0 saturated heterocycles. The van der Waals surface area contributed by atoms with Crippen LogP contribution in [0.1, 0.15) is 32.8 Å². The lowest BCUT2D eigenvalue weighted by Crippen LogP contribution is -2.34. The lowest BCUT2D eigenvalue weighted by molar-refractivity contribution is 0.335. The Morgan fingerprint density at radius 1 is 1.25 bits per heavy atom. The van der Waals surface area contributed by atoms with Crippen LogP contribution < -0.4 is 15.6 Å². The molecule has 1 aliphatic heterocycles. The summed E-state index contributed by atoms with van der Waals surface area (Å²) in [7, 11) is -8.01. The van der Waals surface area contributed by atoms with Gasteiger partial charge in [0.1, 0.15) is 16.2 Å². The van der Waals surface area contributed by atoms with E-state index in [0.29, 0.717) is 11.3 Å². The summed E-state index contributed by atoms with van der Waals surface area (Å²) in [5, 5.41) is 18.2. The highest BCUT2D eigenvalue weighted by molar-refractivity contribution is 7.92. The number of thiazole rings is 1. The average Bonchev–Trinajstić information content (AvgIpc) is 3.26. The Bertz CT molecular complexity index is 1640. The van der Waals surface area contributed by atoms with Gasteiger partial charge in [-0.05, 0) is 30.0 Å². The molecule has 0 unspecified atom stereocenters. The van der Waals surface area contributed by atoms with Crippen molar-refractivity contribution in [3.8, 4) is 16.3 Å². The summed E-state index contributed by atoms with van der Waals surface area (Å²) >= 11 is 1.19. The van der Waals surface area contributed by atoms with E-state index in [0.717, 1.165) is 12.3 Å². The number of aromatic nitrogens is 3. The standard InChI is InChI=1S/C21H24N6O6S3/c1-21(2,3)7-8-27-20(29)16(18(28)17(24-27)14-10-22-11-34-14)19-23-13-6-5-12(25-35(4,30)31)9-15(13)36(32,33)26-19/h5-6,9-11,25,28H,7-8H2,1-4H3,(H,23,26). The number of rotatable bonds is 6. The van der Waals surface area contributed by atoms with Crippen molar-refractivity contribution in [3.63, 3.8) is 0 Å². The highest BCUT2D eigenvalue weighted by Gasteiger charge is 2.31. The van der Waals surface area contributed by atoms with Crippen molar-refractivity contribution in [2.75, 3.05) is 16.3 Å². The Morgan fingerprint density at radius 2 is 1.97 bits per heavy atom. The Morgan fingerprint density at radius 3 is 2.58 bits per heavy atom. The SMILES string of the molecule is CC(C)(C)CCn1nc(-c2cncs2)c(O)c(C2=NS(=O)(=O)c3cc(NS(C)(=O)=O)ccc3N2)c1=O. The highest BCUT2D eigenvalue weighted by Crippen LogP contribution is 2.35. The van der Waals surface area contributed by atoms with Crippen LogP contribution in [0.3, 0.4) is 0 Å². The van der Waals surface area contributed by atoms with E-state index in [4.69, 9.17) is 0 Å². The number of hydrogen-bond donors (Lipinski definition) is 3. The van der Waals surface area contributed by atoms with E-state index in [1.807, 2.05) is 20.8 Å². The van der Waals surface area contributed by atoms with Crippen molar-refractivity contribution in [2.45, 2.75) is 38.6 Å². The molecule has 36 heavy (non-hydrogen) atoms. The first-order chi connectivity index (χ1) is 16.6. The predicted octanol–water partition coefficient (Wildman–Crippen LogP) is 2.44. The second-order valence-electron chi connectivity index (χ2n) is 9.40. The minimum Gasteiger partial charge on any atom is -0.505 e. The monoisotopic (exact) mass is 552 g/mol. The van der Waals surface area contributed by atoms with Crippen LogP contribution in [0, 0.1) is 5.41 Å². The van der Waals surface area contributed by atoms with Crippen LogP contribution in [-0.4, -0.2) is 48.8 Å². The van der Waals surface area contributed by atoms with Crippen molar-refractivity contribution in [2.24, 2.45) is 9.81 Å². The molecule has 15 heteroatoms. The maximum Gasteiger partial charge on any atom is 0.286 e. The zero-order chi connectivity index (χ0) is 26.5. The fraction of sp³-hybridized carbons (Fsp3) is 0.333. The van der Waals surface area contributed by atoms with E-state index >= 15 is 0 Å². The van der Waals surface area contributed by atoms with Gasteiger partial charge in [-0.3, -0.25) is 14.5 Å². The van der Waals surface area contributed by atoms with Crippen LogP contribution in [-0.2, 0) is 26.6 Å². The molecule has 0 saturated carbocycles. The van der Waals surface area contributed by atoms with Gasteiger partial charge in [0.15, 0.2) is 11.6 Å². The van der Waals surface area contributed by atoms with Gasteiger partial charge in [-0.1, -0.05) is 20.8 Å². The number of aromatic hydroxyl groups is 1. The molecule has 1 aliphatic rings. The van der Waals surface area contributed by atoms with Gasteiger partial charge in [0.05, 0.1) is 22.3 Å². The quantitative estimate of drug-likeness (QED) is 0.415. The summed E-state index contributed by atoms with van der Waals surface area (Å²) in [6.45, 7) is 6.24. The number of anilines is 2. The zero-order valence-corrected chi connectivity index (χ0v) is 22.3. The van der Waals surface area contributed by atoms with E-state index in [-0.39, 0.29) is 45.3 Å². The molecule has 0 spiro atoms. The van der Waals surface area contributed by atoms with Crippen molar-refractivity contribution < 1.29 is 21.9 Å². The molecule has 4 rings (SSSR count). The molecule has 0 fully saturated rings. The molecule has 0 radical (unpaired) electrons. The van der Waals surface area contributed by atoms with Gasteiger partial charge < -0.3 is 10.4 Å². The first-order valence-corrected chi connectivity index (χ1v) is 14.8. The van der Waals surface area contributed by atoms with E-state index < -0.39 is 31.4 Å². The summed E-state index contributed by atoms with van der Waals surface area (Å²) in [6.07, 6.45) is 3.00. The van der Waals surface area contributed by atoms with Gasteiger partial charge in [0.25, 0.3) is 15.6 Å². The number of amidine groups is 1. The van der Waals surface area contributed by atoms with E-state index in [2.05, 4.69) is 24.5 Å². The van der Waals surface area contributed by atoms with Gasteiger partial charge in [-0.25, -0.2) is 13.1 Å². The van der Waals surface area contributed by atoms with Crippen molar-refractivity contribution >= 4 is 48.6 Å². The molecule has 192 valence electrons. The first-order valence-electron chi connectivity index (χ1n) is 10.6. The van der Waals surface area contributed by atoms with E-state index in [9.17, 15) is 26.7 Å². The molecule has 12 nitrogen and oxygen atoms in total. The number of sulfonamides is 2. The molecule has 3 heterocycles. The van der Waals surface area contributed by atoms with Crippen LogP contribution in [0.25, 0.3) is 10.6 Å². The second kappa shape index (κ2) is 8.97. The summed E-state index contributed by atoms with van der Waals surface area (Å²) in [5.41, 5.74) is 0.519. The summed E-state index contributed by atoms with van der Waals surface area (Å²) in [6, 6.07) is 3.83. The van der Waals surface area contributed by atoms with Crippen molar-refractivity contribution in [3.05, 3.63) is 45.8 Å². The number of aryl methyl sites for hydroxylation is 1. The smallest absolute Gasteiger partial charge is 0.286 e. The second-order valence-corrected chi connectivity index (χ2v) is 13.6. The number of fused-ring (bicyclic) bond motifs is 1. The summed E-state index contributed by atoms with van der Waals surface area (Å²) in [4.78, 5) is 17.6. The van der Waals surface area contributed by atoms with E-state index in [1.54, 1.807) is 5.51 Å². The fourth-order valence-corrected chi connectivity index (χ4v) is 5.72. The molecule has 0 bridgehead atoms. The molecule has 0 aliphatic carbocycles. The third kappa shape index (κ3) is 5.42. The summed E-state index contributed by atoms with van der Waals surface area (Å²) in [5.74, 6) is -0.900. The first kappa shape index (κ1) is 25.8. The maximum atomic E-state index is 13.4. The number of hydrogen-bond acceptors (Lipinski definition) is 10. The fourth-order valence-electron chi connectivity index (χ4n) is 3.41. The molecular weight excluding hydrogens is 528 g/mol.